The standard InChI is InChI=1S/C11H22N2O3S/c1-2-7-13(8-9-14)17(15,16)10-3-6-12-11-4-5-11/h2,11-12,14H,1,3-10H2. The Bertz CT molecular complexity index is 326. The predicted octanol–water partition coefficient (Wildman–Crippen LogP) is -0.0614. The fourth-order valence-corrected chi connectivity index (χ4v) is 3.04. The van der Waals surface area contributed by atoms with E-state index in [1.807, 2.05) is 0 Å². The van der Waals surface area contributed by atoms with Gasteiger partial charge in [-0.15, -0.1) is 6.58 Å². The Morgan fingerprint density at radius 3 is 2.71 bits per heavy atom. The van der Waals surface area contributed by atoms with Gasteiger partial charge in [0, 0.05) is 19.1 Å². The summed E-state index contributed by atoms with van der Waals surface area (Å²) >= 11 is 0. The first-order valence-electron chi connectivity index (χ1n) is 6.03. The van der Waals surface area contributed by atoms with Gasteiger partial charge in [0.15, 0.2) is 0 Å². The molecule has 0 atom stereocenters. The van der Waals surface area contributed by atoms with Crippen LogP contribution in [0.2, 0.25) is 0 Å². The van der Waals surface area contributed by atoms with Crippen LogP contribution in [0, 0.1) is 0 Å². The first-order chi connectivity index (χ1) is 8.10. The summed E-state index contributed by atoms with van der Waals surface area (Å²) in [6.45, 7) is 4.51. The maximum absolute atomic E-state index is 11.9. The molecule has 1 rings (SSSR count). The third kappa shape index (κ3) is 5.63. The van der Waals surface area contributed by atoms with Gasteiger partial charge in [-0.25, -0.2) is 8.42 Å². The first kappa shape index (κ1) is 14.6. The van der Waals surface area contributed by atoms with E-state index in [0.717, 1.165) is 6.54 Å². The fraction of sp³-hybridized carbons (Fsp3) is 0.818. The molecule has 17 heavy (non-hydrogen) atoms. The van der Waals surface area contributed by atoms with Crippen LogP contribution in [0.4, 0.5) is 0 Å². The van der Waals surface area contributed by atoms with E-state index in [4.69, 9.17) is 5.11 Å². The van der Waals surface area contributed by atoms with E-state index in [9.17, 15) is 8.42 Å². The summed E-state index contributed by atoms with van der Waals surface area (Å²) in [6.07, 6.45) is 4.56. The zero-order chi connectivity index (χ0) is 12.7. The molecule has 0 heterocycles. The van der Waals surface area contributed by atoms with Crippen LogP contribution in [-0.4, -0.2) is 55.9 Å². The SMILES string of the molecule is C=CCN(CCO)S(=O)(=O)CCCNC1CC1. The van der Waals surface area contributed by atoms with Crippen molar-refractivity contribution in [2.75, 3.05) is 32.0 Å². The second-order valence-corrected chi connectivity index (χ2v) is 6.36. The molecule has 1 saturated carbocycles. The van der Waals surface area contributed by atoms with Crippen LogP contribution < -0.4 is 5.32 Å². The zero-order valence-electron chi connectivity index (χ0n) is 10.1. The predicted molar refractivity (Wildman–Crippen MR) is 68.3 cm³/mol. The van der Waals surface area contributed by atoms with Crippen LogP contribution in [0.15, 0.2) is 12.7 Å². The molecule has 0 aromatic heterocycles. The summed E-state index contributed by atoms with van der Waals surface area (Å²) in [5, 5.41) is 12.1. The summed E-state index contributed by atoms with van der Waals surface area (Å²) < 4.78 is 25.1. The largest absolute Gasteiger partial charge is 0.395 e. The van der Waals surface area contributed by atoms with E-state index in [0.29, 0.717) is 12.5 Å². The van der Waals surface area contributed by atoms with Gasteiger partial charge in [0.05, 0.1) is 12.4 Å². The summed E-state index contributed by atoms with van der Waals surface area (Å²) in [6, 6.07) is 0.611. The van der Waals surface area contributed by atoms with Crippen LogP contribution in [-0.2, 0) is 10.0 Å². The Kier molecular flexibility index (Phi) is 6.11. The molecule has 0 amide bonds. The summed E-state index contributed by atoms with van der Waals surface area (Å²) in [7, 11) is -3.26. The van der Waals surface area contributed by atoms with E-state index in [2.05, 4.69) is 11.9 Å². The van der Waals surface area contributed by atoms with Crippen molar-refractivity contribution in [2.24, 2.45) is 0 Å². The number of sulfonamides is 1. The van der Waals surface area contributed by atoms with E-state index in [1.165, 1.54) is 23.2 Å². The molecule has 0 radical (unpaired) electrons. The Morgan fingerprint density at radius 2 is 2.18 bits per heavy atom. The van der Waals surface area contributed by atoms with E-state index in [-0.39, 0.29) is 25.4 Å². The normalized spacial score (nSPS) is 16.4. The molecule has 1 aliphatic carbocycles. The molecule has 0 unspecified atom stereocenters. The maximum Gasteiger partial charge on any atom is 0.214 e. The molecule has 6 heteroatoms. The van der Waals surface area contributed by atoms with E-state index >= 15 is 0 Å². The molecule has 1 aliphatic rings. The first-order valence-corrected chi connectivity index (χ1v) is 7.64. The van der Waals surface area contributed by atoms with Crippen LogP contribution in [0.25, 0.3) is 0 Å². The number of aliphatic hydroxyl groups is 1. The van der Waals surface area contributed by atoms with Gasteiger partial charge in [-0.2, -0.15) is 4.31 Å². The van der Waals surface area contributed by atoms with Crippen molar-refractivity contribution in [3.8, 4) is 0 Å². The van der Waals surface area contributed by atoms with E-state index < -0.39 is 10.0 Å². The molecule has 0 aromatic carbocycles. The highest BCUT2D eigenvalue weighted by atomic mass is 32.2. The average Bonchev–Trinajstić information content (AvgIpc) is 3.08. The lowest BCUT2D eigenvalue weighted by Gasteiger charge is -2.19. The van der Waals surface area contributed by atoms with Crippen LogP contribution in [0.5, 0.6) is 0 Å². The Hall–Kier alpha value is -0.430. The van der Waals surface area contributed by atoms with Crippen molar-refractivity contribution >= 4 is 10.0 Å². The monoisotopic (exact) mass is 262 g/mol. The maximum atomic E-state index is 11.9. The Morgan fingerprint density at radius 1 is 1.47 bits per heavy atom. The van der Waals surface area contributed by atoms with Gasteiger partial charge in [0.1, 0.15) is 0 Å². The lowest BCUT2D eigenvalue weighted by atomic mass is 10.5. The molecule has 0 spiro atoms. The van der Waals surface area contributed by atoms with Crippen molar-refractivity contribution in [3.63, 3.8) is 0 Å². The summed E-state index contributed by atoms with van der Waals surface area (Å²) in [5.41, 5.74) is 0. The average molecular weight is 262 g/mol. The van der Waals surface area contributed by atoms with E-state index in [1.54, 1.807) is 0 Å². The van der Waals surface area contributed by atoms with Crippen LogP contribution in [0.1, 0.15) is 19.3 Å². The van der Waals surface area contributed by atoms with Crippen molar-refractivity contribution in [1.29, 1.82) is 0 Å². The lowest BCUT2D eigenvalue weighted by molar-refractivity contribution is 0.260. The molecule has 0 bridgehead atoms. The smallest absolute Gasteiger partial charge is 0.214 e. The van der Waals surface area contributed by atoms with Crippen molar-refractivity contribution in [2.45, 2.75) is 25.3 Å². The molecule has 0 saturated heterocycles. The zero-order valence-corrected chi connectivity index (χ0v) is 11.0. The van der Waals surface area contributed by atoms with Crippen LogP contribution >= 0.6 is 0 Å². The van der Waals surface area contributed by atoms with Gasteiger partial charge in [-0.3, -0.25) is 0 Å². The van der Waals surface area contributed by atoms with Gasteiger partial charge < -0.3 is 10.4 Å². The molecule has 5 nitrogen and oxygen atoms in total. The lowest BCUT2D eigenvalue weighted by Crippen LogP contribution is -2.36. The van der Waals surface area contributed by atoms with Crippen LogP contribution in [0.3, 0.4) is 0 Å². The second kappa shape index (κ2) is 7.10. The quantitative estimate of drug-likeness (QED) is 0.427. The Labute approximate surface area is 104 Å². The summed E-state index contributed by atoms with van der Waals surface area (Å²) in [4.78, 5) is 0. The molecule has 100 valence electrons. The number of nitrogens with zero attached hydrogens (tertiary/aromatic N) is 1. The number of hydrogen-bond acceptors (Lipinski definition) is 4. The highest BCUT2D eigenvalue weighted by Gasteiger charge is 2.22. The number of nitrogens with one attached hydrogen (secondary N) is 1. The Balaban J connectivity index is 2.31. The van der Waals surface area contributed by atoms with Gasteiger partial charge in [0.2, 0.25) is 10.0 Å². The highest BCUT2D eigenvalue weighted by molar-refractivity contribution is 7.89. The van der Waals surface area contributed by atoms with Gasteiger partial charge in [-0.05, 0) is 25.8 Å². The number of hydrogen-bond donors (Lipinski definition) is 2. The fourth-order valence-electron chi connectivity index (χ4n) is 1.58. The number of rotatable bonds is 10. The molecular formula is C11H22N2O3S. The van der Waals surface area contributed by atoms with Crippen molar-refractivity contribution in [3.05, 3.63) is 12.7 Å². The number of aliphatic hydroxyl groups excluding tert-OH is 1. The topological polar surface area (TPSA) is 69.6 Å². The van der Waals surface area contributed by atoms with Crippen molar-refractivity contribution < 1.29 is 13.5 Å². The summed E-state index contributed by atoms with van der Waals surface area (Å²) in [5.74, 6) is 0.126. The minimum Gasteiger partial charge on any atom is -0.395 e. The van der Waals surface area contributed by atoms with Gasteiger partial charge in [-0.1, -0.05) is 6.08 Å². The minimum absolute atomic E-state index is 0.126. The van der Waals surface area contributed by atoms with Crippen molar-refractivity contribution in [1.82, 2.24) is 9.62 Å². The third-order valence-electron chi connectivity index (χ3n) is 2.66. The molecule has 0 aromatic rings. The molecular weight excluding hydrogens is 240 g/mol. The van der Waals surface area contributed by atoms with Gasteiger partial charge in [0.25, 0.3) is 0 Å². The molecule has 1 fully saturated rings. The van der Waals surface area contributed by atoms with Gasteiger partial charge >= 0.3 is 0 Å². The highest BCUT2D eigenvalue weighted by Crippen LogP contribution is 2.18. The third-order valence-corrected chi connectivity index (χ3v) is 4.59. The minimum atomic E-state index is -3.26. The molecule has 2 N–H and O–H groups in total. The second-order valence-electron chi connectivity index (χ2n) is 4.27. The molecule has 0 aliphatic heterocycles.